The molecule has 0 fully saturated rings. The van der Waals surface area contributed by atoms with Crippen LogP contribution in [0.5, 0.6) is 17.2 Å². The highest BCUT2D eigenvalue weighted by Gasteiger charge is 2.52. The Kier molecular flexibility index (Phi) is 5.36. The second-order valence-corrected chi connectivity index (χ2v) is 8.46. The van der Waals surface area contributed by atoms with Crippen LogP contribution in [0.1, 0.15) is 41.7 Å². The standard InChI is InChI=1S/C29H24O3.C2H6/c1-17-13-20-21-14-27(31-3)28(32-4)16-25(21)29(24(20)15-26(17)30-2)22-11-7-5-9-18(22)19-10-6-8-12-23(19)29;1-2/h5-16H,1-4H3;1-2H3. The van der Waals surface area contributed by atoms with Crippen molar-refractivity contribution in [1.82, 2.24) is 0 Å². The topological polar surface area (TPSA) is 27.7 Å². The van der Waals surface area contributed by atoms with Gasteiger partial charge in [-0.2, -0.15) is 0 Å². The molecule has 2 aliphatic rings. The normalized spacial score (nSPS) is 13.2. The van der Waals surface area contributed by atoms with Gasteiger partial charge in [0.05, 0.1) is 26.7 Å². The predicted octanol–water partition coefficient (Wildman–Crippen LogP) is 7.39. The van der Waals surface area contributed by atoms with Gasteiger partial charge in [-0.15, -0.1) is 0 Å². The van der Waals surface area contributed by atoms with E-state index in [-0.39, 0.29) is 0 Å². The Morgan fingerprint density at radius 2 is 0.941 bits per heavy atom. The summed E-state index contributed by atoms with van der Waals surface area (Å²) in [5.74, 6) is 2.38. The minimum Gasteiger partial charge on any atom is -0.496 e. The second-order valence-electron chi connectivity index (χ2n) is 8.46. The molecule has 0 saturated heterocycles. The van der Waals surface area contributed by atoms with E-state index in [4.69, 9.17) is 14.2 Å². The van der Waals surface area contributed by atoms with Crippen molar-refractivity contribution in [3.8, 4) is 39.5 Å². The number of benzene rings is 4. The van der Waals surface area contributed by atoms with Gasteiger partial charge < -0.3 is 14.2 Å². The van der Waals surface area contributed by atoms with E-state index in [1.54, 1.807) is 21.3 Å². The van der Waals surface area contributed by atoms with Gasteiger partial charge >= 0.3 is 0 Å². The van der Waals surface area contributed by atoms with Gasteiger partial charge in [-0.1, -0.05) is 62.4 Å². The summed E-state index contributed by atoms with van der Waals surface area (Å²) in [6.45, 7) is 6.10. The summed E-state index contributed by atoms with van der Waals surface area (Å²) in [6.07, 6.45) is 0. The molecule has 0 aromatic heterocycles. The molecule has 0 N–H and O–H groups in total. The first kappa shape index (κ1) is 22.1. The summed E-state index contributed by atoms with van der Waals surface area (Å²) >= 11 is 0. The van der Waals surface area contributed by atoms with E-state index in [9.17, 15) is 0 Å². The van der Waals surface area contributed by atoms with Crippen LogP contribution in [0.3, 0.4) is 0 Å². The molecular formula is C31H30O3. The molecule has 0 amide bonds. The summed E-state index contributed by atoms with van der Waals surface area (Å²) in [5.41, 5.74) is 10.7. The summed E-state index contributed by atoms with van der Waals surface area (Å²) in [4.78, 5) is 0. The zero-order valence-electron chi connectivity index (χ0n) is 20.7. The van der Waals surface area contributed by atoms with Gasteiger partial charge in [0, 0.05) is 0 Å². The summed E-state index contributed by atoms with van der Waals surface area (Å²) in [5, 5.41) is 0. The minimum atomic E-state index is -0.432. The van der Waals surface area contributed by atoms with Gasteiger partial charge in [0.2, 0.25) is 0 Å². The number of ether oxygens (including phenoxy) is 3. The van der Waals surface area contributed by atoms with Crippen molar-refractivity contribution in [2.45, 2.75) is 26.2 Å². The highest BCUT2D eigenvalue weighted by molar-refractivity contribution is 5.96. The molecule has 6 rings (SSSR count). The van der Waals surface area contributed by atoms with Crippen molar-refractivity contribution in [3.63, 3.8) is 0 Å². The van der Waals surface area contributed by atoms with Crippen molar-refractivity contribution in [2.24, 2.45) is 0 Å². The molecule has 0 atom stereocenters. The summed E-state index contributed by atoms with van der Waals surface area (Å²) in [7, 11) is 5.13. The van der Waals surface area contributed by atoms with E-state index >= 15 is 0 Å². The smallest absolute Gasteiger partial charge is 0.161 e. The van der Waals surface area contributed by atoms with Crippen LogP contribution < -0.4 is 14.2 Å². The molecule has 0 radical (unpaired) electrons. The third kappa shape index (κ3) is 2.70. The van der Waals surface area contributed by atoms with Crippen molar-refractivity contribution in [3.05, 3.63) is 101 Å². The molecule has 0 aliphatic heterocycles. The first-order chi connectivity index (χ1) is 16.6. The Bertz CT molecular complexity index is 1350. The molecular weight excluding hydrogens is 420 g/mol. The van der Waals surface area contributed by atoms with Crippen LogP contribution in [0, 0.1) is 6.92 Å². The minimum absolute atomic E-state index is 0.432. The molecule has 3 nitrogen and oxygen atoms in total. The molecule has 1 spiro atoms. The average molecular weight is 451 g/mol. The highest BCUT2D eigenvalue weighted by Crippen LogP contribution is 2.64. The van der Waals surface area contributed by atoms with Crippen LogP contribution in [0.15, 0.2) is 72.8 Å². The Morgan fingerprint density at radius 3 is 1.47 bits per heavy atom. The number of rotatable bonds is 3. The lowest BCUT2D eigenvalue weighted by atomic mass is 9.70. The molecule has 0 bridgehead atoms. The second kappa shape index (κ2) is 8.25. The van der Waals surface area contributed by atoms with E-state index in [2.05, 4.69) is 79.7 Å². The van der Waals surface area contributed by atoms with Crippen LogP contribution in [0.25, 0.3) is 22.3 Å². The Hall–Kier alpha value is -3.72. The van der Waals surface area contributed by atoms with Crippen LogP contribution >= 0.6 is 0 Å². The van der Waals surface area contributed by atoms with E-state index in [1.165, 1.54) is 44.5 Å². The maximum absolute atomic E-state index is 5.79. The van der Waals surface area contributed by atoms with Crippen molar-refractivity contribution in [2.75, 3.05) is 21.3 Å². The van der Waals surface area contributed by atoms with Crippen molar-refractivity contribution >= 4 is 0 Å². The van der Waals surface area contributed by atoms with E-state index in [0.717, 1.165) is 22.8 Å². The highest BCUT2D eigenvalue weighted by atomic mass is 16.5. The first-order valence-electron chi connectivity index (χ1n) is 11.8. The Morgan fingerprint density at radius 1 is 0.500 bits per heavy atom. The van der Waals surface area contributed by atoms with Crippen LogP contribution in [-0.2, 0) is 5.41 Å². The fourth-order valence-electron chi connectivity index (χ4n) is 5.81. The molecule has 172 valence electrons. The Balaban J connectivity index is 0.00000117. The molecule has 0 unspecified atom stereocenters. The van der Waals surface area contributed by atoms with Crippen molar-refractivity contribution in [1.29, 1.82) is 0 Å². The van der Waals surface area contributed by atoms with Gasteiger partial charge in [0.25, 0.3) is 0 Å². The zero-order chi connectivity index (χ0) is 24.0. The van der Waals surface area contributed by atoms with E-state index < -0.39 is 5.41 Å². The van der Waals surface area contributed by atoms with Gasteiger partial charge in [-0.3, -0.25) is 0 Å². The molecule has 0 saturated carbocycles. The fraction of sp³-hybridized carbons (Fsp3) is 0.226. The first-order valence-corrected chi connectivity index (χ1v) is 11.8. The number of hydrogen-bond acceptors (Lipinski definition) is 3. The van der Waals surface area contributed by atoms with Gasteiger partial charge in [-0.25, -0.2) is 0 Å². The molecule has 3 heteroatoms. The quantitative estimate of drug-likeness (QED) is 0.281. The lowest BCUT2D eigenvalue weighted by Gasteiger charge is -2.31. The average Bonchev–Trinajstić information content (AvgIpc) is 3.34. The van der Waals surface area contributed by atoms with Gasteiger partial charge in [0.15, 0.2) is 11.5 Å². The number of fused-ring (bicyclic) bond motifs is 10. The predicted molar refractivity (Wildman–Crippen MR) is 138 cm³/mol. The SMILES string of the molecule is CC.COc1cc2c(cc1C)-c1cc(OC)c(OC)cc1C21c2ccccc2-c2ccccc21. The molecule has 4 aromatic rings. The Labute approximate surface area is 201 Å². The maximum Gasteiger partial charge on any atom is 0.161 e. The van der Waals surface area contributed by atoms with Crippen LogP contribution in [0.4, 0.5) is 0 Å². The molecule has 4 aromatic carbocycles. The molecule has 34 heavy (non-hydrogen) atoms. The summed E-state index contributed by atoms with van der Waals surface area (Å²) in [6, 6.07) is 26.2. The summed E-state index contributed by atoms with van der Waals surface area (Å²) < 4.78 is 17.2. The van der Waals surface area contributed by atoms with Gasteiger partial charge in [0.1, 0.15) is 5.75 Å². The van der Waals surface area contributed by atoms with Gasteiger partial charge in [-0.05, 0) is 81.3 Å². The van der Waals surface area contributed by atoms with E-state index in [0.29, 0.717) is 0 Å². The zero-order valence-corrected chi connectivity index (χ0v) is 20.7. The third-order valence-electron chi connectivity index (χ3n) is 7.11. The van der Waals surface area contributed by atoms with E-state index in [1.807, 2.05) is 13.8 Å². The fourth-order valence-corrected chi connectivity index (χ4v) is 5.81. The van der Waals surface area contributed by atoms with Crippen LogP contribution in [-0.4, -0.2) is 21.3 Å². The number of hydrogen-bond donors (Lipinski definition) is 0. The third-order valence-corrected chi connectivity index (χ3v) is 7.11. The van der Waals surface area contributed by atoms with Crippen LogP contribution in [0.2, 0.25) is 0 Å². The molecule has 2 aliphatic carbocycles. The lowest BCUT2D eigenvalue weighted by Crippen LogP contribution is -2.26. The maximum atomic E-state index is 5.79. The van der Waals surface area contributed by atoms with Crippen molar-refractivity contribution < 1.29 is 14.2 Å². The monoisotopic (exact) mass is 450 g/mol. The molecule has 0 heterocycles. The largest absolute Gasteiger partial charge is 0.496 e. The lowest BCUT2D eigenvalue weighted by molar-refractivity contribution is 0.354. The number of methoxy groups -OCH3 is 3. The number of aryl methyl sites for hydroxylation is 1.